The number of hydrogen-bond acceptors (Lipinski definition) is 5. The van der Waals surface area contributed by atoms with Crippen LogP contribution in [0.15, 0.2) is 30.5 Å². The molecule has 0 amide bonds. The third-order valence-electron chi connectivity index (χ3n) is 3.37. The summed E-state index contributed by atoms with van der Waals surface area (Å²) in [6.07, 6.45) is 1.85. The van der Waals surface area contributed by atoms with Gasteiger partial charge in [0.2, 0.25) is 0 Å². The molecule has 1 aromatic heterocycles. The first-order valence-corrected chi connectivity index (χ1v) is 6.32. The van der Waals surface area contributed by atoms with Crippen molar-refractivity contribution in [3.05, 3.63) is 30.5 Å². The van der Waals surface area contributed by atoms with Gasteiger partial charge < -0.3 is 19.7 Å². The van der Waals surface area contributed by atoms with Crippen molar-refractivity contribution in [2.45, 2.75) is 0 Å². The van der Waals surface area contributed by atoms with Crippen molar-refractivity contribution < 1.29 is 14.8 Å². The highest BCUT2D eigenvalue weighted by Crippen LogP contribution is 2.20. The first-order valence-electron chi connectivity index (χ1n) is 6.32. The molecule has 3 rings (SSSR count). The summed E-state index contributed by atoms with van der Waals surface area (Å²) in [6, 6.07) is 7.26. The highest BCUT2D eigenvalue weighted by molar-refractivity contribution is 6.58. The number of ether oxygens (including phenoxy) is 1. The Morgan fingerprint density at radius 3 is 2.68 bits per heavy atom. The van der Waals surface area contributed by atoms with E-state index in [0.717, 1.165) is 42.9 Å². The van der Waals surface area contributed by atoms with Crippen LogP contribution in [0.4, 0.5) is 5.69 Å². The number of hydrogen-bond donors (Lipinski definition) is 2. The summed E-state index contributed by atoms with van der Waals surface area (Å²) in [5.74, 6) is 0. The van der Waals surface area contributed by atoms with Crippen LogP contribution in [0.25, 0.3) is 10.9 Å². The van der Waals surface area contributed by atoms with Crippen LogP contribution in [0.2, 0.25) is 0 Å². The van der Waals surface area contributed by atoms with Crippen molar-refractivity contribution in [2.24, 2.45) is 0 Å². The number of benzene rings is 1. The molecule has 2 heterocycles. The van der Waals surface area contributed by atoms with Crippen LogP contribution in [-0.2, 0) is 4.74 Å². The molecule has 0 atom stereocenters. The zero-order chi connectivity index (χ0) is 13.2. The molecule has 2 aromatic rings. The maximum absolute atomic E-state index is 9.21. The summed E-state index contributed by atoms with van der Waals surface area (Å²) < 4.78 is 5.33. The minimum Gasteiger partial charge on any atom is -0.423 e. The van der Waals surface area contributed by atoms with Crippen molar-refractivity contribution >= 4 is 29.2 Å². The first-order chi connectivity index (χ1) is 9.24. The molecule has 1 aromatic carbocycles. The van der Waals surface area contributed by atoms with E-state index in [-0.39, 0.29) is 0 Å². The van der Waals surface area contributed by atoms with Gasteiger partial charge in [-0.05, 0) is 17.6 Å². The molecule has 0 aliphatic carbocycles. The quantitative estimate of drug-likeness (QED) is 0.727. The maximum Gasteiger partial charge on any atom is 0.488 e. The minimum atomic E-state index is -1.45. The number of morpholine rings is 1. The molecule has 1 fully saturated rings. The van der Waals surface area contributed by atoms with Gasteiger partial charge in [-0.25, -0.2) is 0 Å². The van der Waals surface area contributed by atoms with E-state index in [1.54, 1.807) is 18.2 Å². The van der Waals surface area contributed by atoms with Crippen LogP contribution in [0.5, 0.6) is 0 Å². The Labute approximate surface area is 111 Å². The predicted molar refractivity (Wildman–Crippen MR) is 74.6 cm³/mol. The largest absolute Gasteiger partial charge is 0.488 e. The lowest BCUT2D eigenvalue weighted by atomic mass is 9.80. The summed E-state index contributed by atoms with van der Waals surface area (Å²) in [6.45, 7) is 3.17. The number of fused-ring (bicyclic) bond motifs is 1. The minimum absolute atomic E-state index is 0.480. The van der Waals surface area contributed by atoms with E-state index < -0.39 is 7.12 Å². The molecule has 1 aliphatic heterocycles. The van der Waals surface area contributed by atoms with E-state index in [4.69, 9.17) is 4.74 Å². The maximum atomic E-state index is 9.21. The van der Waals surface area contributed by atoms with Gasteiger partial charge in [-0.2, -0.15) is 0 Å². The topological polar surface area (TPSA) is 65.8 Å². The molecule has 1 aliphatic rings. The Kier molecular flexibility index (Phi) is 3.37. The van der Waals surface area contributed by atoms with Crippen molar-refractivity contribution in [2.75, 3.05) is 31.2 Å². The molecule has 1 saturated heterocycles. The predicted octanol–water partition coefficient (Wildman–Crippen LogP) is -0.249. The fraction of sp³-hybridized carbons (Fsp3) is 0.308. The second-order valence-electron chi connectivity index (χ2n) is 4.62. The van der Waals surface area contributed by atoms with Gasteiger partial charge in [0.15, 0.2) is 0 Å². The first kappa shape index (κ1) is 12.4. The molecule has 98 valence electrons. The van der Waals surface area contributed by atoms with E-state index in [0.29, 0.717) is 5.46 Å². The van der Waals surface area contributed by atoms with Gasteiger partial charge in [-0.3, -0.25) is 4.98 Å². The van der Waals surface area contributed by atoms with Crippen molar-refractivity contribution in [3.8, 4) is 0 Å². The zero-order valence-electron chi connectivity index (χ0n) is 10.5. The molecule has 0 bridgehead atoms. The summed E-state index contributed by atoms with van der Waals surface area (Å²) in [5, 5.41) is 19.3. The monoisotopic (exact) mass is 258 g/mol. The fourth-order valence-electron chi connectivity index (χ4n) is 2.29. The fourth-order valence-corrected chi connectivity index (χ4v) is 2.29. The second-order valence-corrected chi connectivity index (χ2v) is 4.62. The Morgan fingerprint density at radius 1 is 1.16 bits per heavy atom. The summed E-state index contributed by atoms with van der Waals surface area (Å²) in [7, 11) is -1.45. The number of anilines is 1. The van der Waals surface area contributed by atoms with Gasteiger partial charge in [0.25, 0.3) is 0 Å². The molecule has 0 spiro atoms. The third kappa shape index (κ3) is 2.56. The molecule has 0 unspecified atom stereocenters. The van der Waals surface area contributed by atoms with Crippen LogP contribution >= 0.6 is 0 Å². The Hall–Kier alpha value is -1.63. The molecule has 19 heavy (non-hydrogen) atoms. The number of aromatic nitrogens is 1. The van der Waals surface area contributed by atoms with Gasteiger partial charge in [0, 0.05) is 18.5 Å². The number of rotatable bonds is 2. The molecule has 0 saturated carbocycles. The van der Waals surface area contributed by atoms with E-state index in [9.17, 15) is 10.0 Å². The van der Waals surface area contributed by atoms with Gasteiger partial charge in [0.05, 0.1) is 30.6 Å². The molecule has 5 nitrogen and oxygen atoms in total. The van der Waals surface area contributed by atoms with Gasteiger partial charge in [-0.15, -0.1) is 0 Å². The SMILES string of the molecule is OB(O)c1ccc2ncc(N3CCOCC3)cc2c1. The summed E-state index contributed by atoms with van der Waals surface area (Å²) in [4.78, 5) is 6.63. The molecular weight excluding hydrogens is 243 g/mol. The van der Waals surface area contributed by atoms with E-state index in [1.807, 2.05) is 12.3 Å². The Bertz CT molecular complexity index is 585. The standard InChI is InChI=1S/C13H15BN2O3/c17-14(18)11-1-2-13-10(7-11)8-12(9-15-13)16-3-5-19-6-4-16/h1-2,7-9,17-18H,3-6H2. The molecular formula is C13H15BN2O3. The molecule has 0 radical (unpaired) electrons. The van der Waals surface area contributed by atoms with Crippen LogP contribution in [0.1, 0.15) is 0 Å². The summed E-state index contributed by atoms with van der Waals surface area (Å²) in [5.41, 5.74) is 2.37. The highest BCUT2D eigenvalue weighted by atomic mass is 16.5. The highest BCUT2D eigenvalue weighted by Gasteiger charge is 2.14. The molecule has 2 N–H and O–H groups in total. The Balaban J connectivity index is 1.98. The van der Waals surface area contributed by atoms with Gasteiger partial charge >= 0.3 is 7.12 Å². The lowest BCUT2D eigenvalue weighted by Crippen LogP contribution is -2.36. The Morgan fingerprint density at radius 2 is 1.95 bits per heavy atom. The van der Waals surface area contributed by atoms with Gasteiger partial charge in [-0.1, -0.05) is 12.1 Å². The number of pyridine rings is 1. The normalized spacial score (nSPS) is 15.8. The van der Waals surface area contributed by atoms with Crippen molar-refractivity contribution in [1.82, 2.24) is 4.98 Å². The molecule has 6 heteroatoms. The van der Waals surface area contributed by atoms with Crippen LogP contribution < -0.4 is 10.4 Å². The zero-order valence-corrected chi connectivity index (χ0v) is 10.5. The van der Waals surface area contributed by atoms with Crippen molar-refractivity contribution in [3.63, 3.8) is 0 Å². The van der Waals surface area contributed by atoms with E-state index in [1.165, 1.54) is 0 Å². The lowest BCUT2D eigenvalue weighted by Gasteiger charge is -2.28. The average Bonchev–Trinajstić information content (AvgIpc) is 2.47. The van der Waals surface area contributed by atoms with E-state index in [2.05, 4.69) is 9.88 Å². The van der Waals surface area contributed by atoms with Crippen LogP contribution in [-0.4, -0.2) is 48.5 Å². The third-order valence-corrected chi connectivity index (χ3v) is 3.37. The summed E-state index contributed by atoms with van der Waals surface area (Å²) >= 11 is 0. The number of nitrogens with zero attached hydrogens (tertiary/aromatic N) is 2. The second kappa shape index (κ2) is 5.17. The van der Waals surface area contributed by atoms with Crippen LogP contribution in [0, 0.1) is 0 Å². The smallest absolute Gasteiger partial charge is 0.423 e. The van der Waals surface area contributed by atoms with Gasteiger partial charge in [0.1, 0.15) is 0 Å². The van der Waals surface area contributed by atoms with Crippen molar-refractivity contribution in [1.29, 1.82) is 0 Å². The lowest BCUT2D eigenvalue weighted by molar-refractivity contribution is 0.122. The average molecular weight is 258 g/mol. The van der Waals surface area contributed by atoms with E-state index >= 15 is 0 Å². The van der Waals surface area contributed by atoms with Crippen LogP contribution in [0.3, 0.4) is 0 Å².